The largest absolute Gasteiger partial charge is 0.508 e. The molecular formula is C19H12F3NO3. The second-order valence-corrected chi connectivity index (χ2v) is 6.05. The summed E-state index contributed by atoms with van der Waals surface area (Å²) in [6.45, 7) is 0. The van der Waals surface area contributed by atoms with E-state index in [1.165, 1.54) is 36.4 Å². The highest BCUT2D eigenvalue weighted by atomic mass is 19.4. The van der Waals surface area contributed by atoms with Crippen LogP contribution in [0.3, 0.4) is 0 Å². The molecule has 7 heteroatoms. The Kier molecular flexibility index (Phi) is 3.29. The first-order valence-electron chi connectivity index (χ1n) is 7.70. The third kappa shape index (κ3) is 2.04. The van der Waals surface area contributed by atoms with Crippen molar-refractivity contribution < 1.29 is 28.2 Å². The third-order valence-corrected chi connectivity index (χ3v) is 4.54. The van der Waals surface area contributed by atoms with Gasteiger partial charge in [-0.05, 0) is 41.1 Å². The van der Waals surface area contributed by atoms with Crippen molar-refractivity contribution in [2.45, 2.75) is 11.8 Å². The molecule has 0 aliphatic carbocycles. The molecule has 1 amide bonds. The van der Waals surface area contributed by atoms with Crippen molar-refractivity contribution in [1.82, 2.24) is 0 Å². The van der Waals surface area contributed by atoms with Crippen LogP contribution < -0.4 is 4.90 Å². The van der Waals surface area contributed by atoms with Crippen LogP contribution in [0, 0.1) is 0 Å². The van der Waals surface area contributed by atoms with E-state index in [9.17, 15) is 28.2 Å². The van der Waals surface area contributed by atoms with Gasteiger partial charge in [-0.25, -0.2) is 0 Å². The Balaban J connectivity index is 2.07. The lowest BCUT2D eigenvalue weighted by Gasteiger charge is -2.26. The van der Waals surface area contributed by atoms with Crippen molar-refractivity contribution in [3.63, 3.8) is 0 Å². The Morgan fingerprint density at radius 1 is 0.923 bits per heavy atom. The number of anilines is 2. The molecule has 3 aromatic carbocycles. The van der Waals surface area contributed by atoms with Crippen LogP contribution >= 0.6 is 0 Å². The molecular weight excluding hydrogens is 347 g/mol. The zero-order valence-corrected chi connectivity index (χ0v) is 13.2. The van der Waals surface area contributed by atoms with Gasteiger partial charge in [-0.2, -0.15) is 13.2 Å². The molecule has 0 radical (unpaired) electrons. The number of aromatic hydroxyl groups is 1. The van der Waals surface area contributed by atoms with Gasteiger partial charge in [-0.1, -0.05) is 30.3 Å². The van der Waals surface area contributed by atoms with E-state index in [0.717, 1.165) is 4.90 Å². The number of nitrogens with zero attached hydrogens (tertiary/aromatic N) is 1. The minimum Gasteiger partial charge on any atom is -0.508 e. The number of amides is 1. The van der Waals surface area contributed by atoms with Gasteiger partial charge >= 0.3 is 6.18 Å². The van der Waals surface area contributed by atoms with Gasteiger partial charge in [-0.3, -0.25) is 9.69 Å². The van der Waals surface area contributed by atoms with E-state index in [4.69, 9.17) is 0 Å². The van der Waals surface area contributed by atoms with Crippen molar-refractivity contribution in [1.29, 1.82) is 0 Å². The normalized spacial score (nSPS) is 19.8. The Morgan fingerprint density at radius 3 is 2.23 bits per heavy atom. The van der Waals surface area contributed by atoms with E-state index in [1.807, 2.05) is 0 Å². The molecule has 0 saturated heterocycles. The molecule has 3 aromatic rings. The minimum absolute atomic E-state index is 0.0424. The molecule has 1 atom stereocenters. The number of carbonyl (C=O) groups excluding carboxylic acids is 1. The Bertz CT molecular complexity index is 1030. The molecule has 0 saturated carbocycles. The summed E-state index contributed by atoms with van der Waals surface area (Å²) in [6, 6.07) is 14.4. The van der Waals surface area contributed by atoms with E-state index < -0.39 is 23.2 Å². The Morgan fingerprint density at radius 2 is 1.58 bits per heavy atom. The standard InChI is InChI=1S/C19H12F3NO3/c20-19(21,22)18(26)16-14-4-2-1-3-11(14)5-10-15(16)23(17(18)25)12-6-8-13(24)9-7-12/h1-10,24,26H. The summed E-state index contributed by atoms with van der Waals surface area (Å²) in [5.74, 6) is -1.59. The number of hydrogen-bond donors (Lipinski definition) is 2. The molecule has 1 unspecified atom stereocenters. The summed E-state index contributed by atoms with van der Waals surface area (Å²) in [5.41, 5.74) is -4.06. The second kappa shape index (κ2) is 5.22. The topological polar surface area (TPSA) is 60.8 Å². The van der Waals surface area contributed by atoms with Gasteiger partial charge in [0.2, 0.25) is 0 Å². The summed E-state index contributed by atoms with van der Waals surface area (Å²) in [6.07, 6.45) is -5.20. The number of rotatable bonds is 1. The molecule has 0 bridgehead atoms. The molecule has 0 spiro atoms. The van der Waals surface area contributed by atoms with Crippen LogP contribution in [-0.2, 0) is 10.4 Å². The fourth-order valence-corrected chi connectivity index (χ4v) is 3.33. The number of phenols is 1. The molecule has 132 valence electrons. The summed E-state index contributed by atoms with van der Waals surface area (Å²) in [7, 11) is 0. The van der Waals surface area contributed by atoms with Crippen LogP contribution in [0.4, 0.5) is 24.5 Å². The van der Waals surface area contributed by atoms with Crippen molar-refractivity contribution in [2.24, 2.45) is 0 Å². The highest BCUT2D eigenvalue weighted by Gasteiger charge is 2.67. The lowest BCUT2D eigenvalue weighted by atomic mass is 9.90. The predicted molar refractivity (Wildman–Crippen MR) is 89.2 cm³/mol. The second-order valence-electron chi connectivity index (χ2n) is 6.05. The van der Waals surface area contributed by atoms with Gasteiger partial charge in [0.05, 0.1) is 5.69 Å². The van der Waals surface area contributed by atoms with Crippen molar-refractivity contribution in [3.8, 4) is 5.75 Å². The monoisotopic (exact) mass is 359 g/mol. The summed E-state index contributed by atoms with van der Waals surface area (Å²) >= 11 is 0. The Labute approximate surface area is 145 Å². The summed E-state index contributed by atoms with van der Waals surface area (Å²) in [4.78, 5) is 13.6. The van der Waals surface area contributed by atoms with Crippen LogP contribution in [0.1, 0.15) is 5.56 Å². The first kappa shape index (κ1) is 16.4. The molecule has 0 fully saturated rings. The average Bonchev–Trinajstić information content (AvgIpc) is 2.85. The number of phenolic OH excluding ortho intramolecular Hbond substituents is 1. The molecule has 2 N–H and O–H groups in total. The van der Waals surface area contributed by atoms with Gasteiger partial charge in [0.25, 0.3) is 11.5 Å². The van der Waals surface area contributed by atoms with E-state index in [0.29, 0.717) is 5.39 Å². The first-order valence-corrected chi connectivity index (χ1v) is 7.70. The zero-order valence-electron chi connectivity index (χ0n) is 13.2. The number of hydrogen-bond acceptors (Lipinski definition) is 3. The first-order chi connectivity index (χ1) is 12.2. The quantitative estimate of drug-likeness (QED) is 0.691. The SMILES string of the molecule is O=C1N(c2ccc(O)cc2)c2ccc3ccccc3c2C1(O)C(F)(F)F. The molecule has 1 aliphatic heterocycles. The van der Waals surface area contributed by atoms with Crippen molar-refractivity contribution >= 4 is 28.1 Å². The van der Waals surface area contributed by atoms with E-state index in [-0.39, 0.29) is 22.5 Å². The third-order valence-electron chi connectivity index (χ3n) is 4.54. The molecule has 26 heavy (non-hydrogen) atoms. The van der Waals surface area contributed by atoms with Crippen LogP contribution in [-0.4, -0.2) is 22.3 Å². The van der Waals surface area contributed by atoms with E-state index >= 15 is 0 Å². The number of fused-ring (bicyclic) bond motifs is 3. The lowest BCUT2D eigenvalue weighted by molar-refractivity contribution is -0.252. The maximum atomic E-state index is 13.8. The van der Waals surface area contributed by atoms with Crippen molar-refractivity contribution in [2.75, 3.05) is 4.90 Å². The minimum atomic E-state index is -5.20. The summed E-state index contributed by atoms with van der Waals surface area (Å²) < 4.78 is 41.5. The zero-order chi connectivity index (χ0) is 18.7. The molecule has 4 rings (SSSR count). The van der Waals surface area contributed by atoms with Crippen LogP contribution in [0.15, 0.2) is 60.7 Å². The molecule has 0 aromatic heterocycles. The summed E-state index contributed by atoms with van der Waals surface area (Å²) in [5, 5.41) is 20.6. The van der Waals surface area contributed by atoms with Gasteiger partial charge in [0.1, 0.15) is 5.75 Å². The van der Waals surface area contributed by atoms with Gasteiger partial charge in [-0.15, -0.1) is 0 Å². The van der Waals surface area contributed by atoms with Gasteiger partial charge in [0, 0.05) is 11.3 Å². The number of halogens is 3. The lowest BCUT2D eigenvalue weighted by Crippen LogP contribution is -2.49. The van der Waals surface area contributed by atoms with Crippen LogP contribution in [0.25, 0.3) is 10.8 Å². The maximum Gasteiger partial charge on any atom is 0.430 e. The van der Waals surface area contributed by atoms with Gasteiger partial charge in [0.15, 0.2) is 0 Å². The fourth-order valence-electron chi connectivity index (χ4n) is 3.33. The molecule has 1 heterocycles. The molecule has 4 nitrogen and oxygen atoms in total. The number of alkyl halides is 3. The van der Waals surface area contributed by atoms with E-state index in [2.05, 4.69) is 0 Å². The number of carbonyl (C=O) groups is 1. The maximum absolute atomic E-state index is 13.8. The van der Waals surface area contributed by atoms with Gasteiger partial charge < -0.3 is 10.2 Å². The van der Waals surface area contributed by atoms with Crippen LogP contribution in [0.5, 0.6) is 5.75 Å². The number of benzene rings is 3. The molecule has 1 aliphatic rings. The fraction of sp³-hybridized carbons (Fsp3) is 0.105. The Hall–Kier alpha value is -3.06. The van der Waals surface area contributed by atoms with Crippen LogP contribution in [0.2, 0.25) is 0 Å². The smallest absolute Gasteiger partial charge is 0.430 e. The van der Waals surface area contributed by atoms with E-state index in [1.54, 1.807) is 24.3 Å². The highest BCUT2D eigenvalue weighted by molar-refractivity contribution is 6.16. The predicted octanol–water partition coefficient (Wildman–Crippen LogP) is 3.97. The number of aliphatic hydroxyl groups is 1. The average molecular weight is 359 g/mol. The van der Waals surface area contributed by atoms with Crippen molar-refractivity contribution in [3.05, 3.63) is 66.2 Å². The highest BCUT2D eigenvalue weighted by Crippen LogP contribution is 2.54.